The molecule has 8 atom stereocenters. The molecule has 2 aromatic carbocycles. The lowest BCUT2D eigenvalue weighted by Crippen LogP contribution is -2.55. The number of amides is 4. The number of carbonyl (C=O) groups is 8. The van der Waals surface area contributed by atoms with Crippen LogP contribution < -0.4 is 0 Å². The molecule has 0 unspecified atom stereocenters. The number of carbonyl (C=O) groups excluding carboxylic acids is 8. The lowest BCUT2D eigenvalue weighted by Gasteiger charge is -2.35. The molecule has 24 heteroatoms. The summed E-state index contributed by atoms with van der Waals surface area (Å²) in [6.45, 7) is 16.7. The highest BCUT2D eigenvalue weighted by molar-refractivity contribution is 5.94. The number of rotatable bonds is 16. The van der Waals surface area contributed by atoms with Crippen molar-refractivity contribution in [3.8, 4) is 0 Å². The number of pyridine rings is 2. The van der Waals surface area contributed by atoms with E-state index >= 15 is 9.59 Å². The summed E-state index contributed by atoms with van der Waals surface area (Å²) in [5, 5.41) is 0. The Hall–Kier alpha value is -7.92. The first-order valence-corrected chi connectivity index (χ1v) is 30.0. The first-order chi connectivity index (χ1) is 42.0. The molecule has 0 aliphatic carbocycles. The van der Waals surface area contributed by atoms with Crippen LogP contribution in [0.25, 0.3) is 0 Å². The maximum Gasteiger partial charge on any atom is 0.416 e. The summed E-state index contributed by atoms with van der Waals surface area (Å²) in [6.07, 6.45) is -12.8. The summed E-state index contributed by atoms with van der Waals surface area (Å²) in [5.41, 5.74) is -0.231. The van der Waals surface area contributed by atoms with Gasteiger partial charge in [0.25, 0.3) is 23.6 Å². The molecule has 0 radical (unpaired) electrons. The van der Waals surface area contributed by atoms with Crippen molar-refractivity contribution in [2.75, 3.05) is 28.2 Å². The monoisotopic (exact) mass is 1270 g/mol. The Morgan fingerprint density at radius 2 is 0.656 bits per heavy atom. The second kappa shape index (κ2) is 31.7. The minimum Gasteiger partial charge on any atom is -0.451 e. The van der Waals surface area contributed by atoms with Gasteiger partial charge in [-0.2, -0.15) is 26.3 Å². The molecule has 0 bridgehead atoms. The summed E-state index contributed by atoms with van der Waals surface area (Å²) in [7, 11) is 5.14. The van der Waals surface area contributed by atoms with Gasteiger partial charge in [-0.05, 0) is 122 Å². The highest BCUT2D eigenvalue weighted by atomic mass is 19.4. The fraction of sp³-hybridized carbons (Fsp3) is 0.545. The van der Waals surface area contributed by atoms with E-state index in [0.717, 1.165) is 56.5 Å². The quantitative estimate of drug-likeness (QED) is 0.0581. The molecule has 5 rings (SSSR count). The van der Waals surface area contributed by atoms with Crippen LogP contribution in [0.2, 0.25) is 0 Å². The van der Waals surface area contributed by atoms with E-state index < -0.39 is 120 Å². The minimum atomic E-state index is -4.65. The Balaban J connectivity index is 1.60. The first-order valence-electron chi connectivity index (χ1n) is 30.0. The number of halogens is 6. The van der Waals surface area contributed by atoms with Gasteiger partial charge in [0.05, 0.1) is 11.1 Å². The first kappa shape index (κ1) is 72.8. The van der Waals surface area contributed by atoms with Crippen LogP contribution >= 0.6 is 0 Å². The fourth-order valence-electron chi connectivity index (χ4n) is 10.6. The Morgan fingerprint density at radius 1 is 0.400 bits per heavy atom. The fourth-order valence-corrected chi connectivity index (χ4v) is 10.6. The van der Waals surface area contributed by atoms with Gasteiger partial charge in [-0.1, -0.05) is 104 Å². The zero-order valence-corrected chi connectivity index (χ0v) is 53.5. The van der Waals surface area contributed by atoms with Crippen LogP contribution in [0.3, 0.4) is 0 Å². The number of benzene rings is 2. The Morgan fingerprint density at radius 3 is 0.922 bits per heavy atom. The van der Waals surface area contributed by atoms with Crippen molar-refractivity contribution in [2.45, 2.75) is 182 Å². The molecule has 4 aromatic rings. The van der Waals surface area contributed by atoms with Gasteiger partial charge in [0.15, 0.2) is 24.4 Å². The van der Waals surface area contributed by atoms with Gasteiger partial charge in [0.1, 0.15) is 24.2 Å². The molecule has 3 heterocycles. The number of likely N-dealkylation sites (N-methyl/N-ethyl adjacent to an activating group) is 4. The maximum absolute atomic E-state index is 15.0. The van der Waals surface area contributed by atoms with Crippen molar-refractivity contribution in [1.29, 1.82) is 0 Å². The second-order valence-electron chi connectivity index (χ2n) is 24.8. The molecule has 1 aliphatic heterocycles. The van der Waals surface area contributed by atoms with Gasteiger partial charge in [-0.25, -0.2) is 19.2 Å². The summed E-state index contributed by atoms with van der Waals surface area (Å²) in [6, 6.07) is 8.39. The van der Waals surface area contributed by atoms with Crippen molar-refractivity contribution >= 4 is 47.5 Å². The molecule has 0 saturated carbocycles. The van der Waals surface area contributed by atoms with Gasteiger partial charge < -0.3 is 38.5 Å². The van der Waals surface area contributed by atoms with Crippen molar-refractivity contribution in [1.82, 2.24) is 29.6 Å². The van der Waals surface area contributed by atoms with Crippen LogP contribution in [-0.4, -0.2) is 154 Å². The minimum absolute atomic E-state index is 0.0400. The standard InChI is InChI=1S/C66H84F6N6O12/c1-37(2)27-51-61(83)87-41(9)57(79)75(11)54(30-40(7)8)64(86)90-56(34-46-21-17-44(18-22-46)32-48-36-74-26-24-50(48)66(70,71)72)60(82)78(14)52(28-38(3)4)62(84)88-42(10)58(80)76(12)53(29-39(5)6)63(85)89-55(59(81)77(51)13)33-45-19-15-43(16-20-45)31-47-35-73-25-23-49(47)65(67,68)69/h15-26,35-42,51-56H,27-34H2,1-14H3/t41-,42-,51+,52+,53+,54+,55-,56-/m1/s1. The normalized spacial score (nSPS) is 22.3. The third-order valence-electron chi connectivity index (χ3n) is 15.6. The molecular formula is C66H84F6N6O12. The van der Waals surface area contributed by atoms with E-state index in [2.05, 4.69) is 9.97 Å². The number of esters is 4. The molecule has 1 fully saturated rings. The van der Waals surface area contributed by atoms with E-state index in [0.29, 0.717) is 22.3 Å². The lowest BCUT2D eigenvalue weighted by atomic mass is 9.98. The van der Waals surface area contributed by atoms with E-state index in [9.17, 15) is 55.1 Å². The highest BCUT2D eigenvalue weighted by Crippen LogP contribution is 2.34. The molecular weight excluding hydrogens is 1180 g/mol. The summed E-state index contributed by atoms with van der Waals surface area (Å²) in [5.74, 6) is -8.98. The molecule has 90 heavy (non-hydrogen) atoms. The van der Waals surface area contributed by atoms with Crippen LogP contribution in [0, 0.1) is 23.7 Å². The SMILES string of the molecule is CC(C)C[C@H]1C(=O)O[C@H](Cc2ccc(Cc3cnccc3C(F)(F)F)cc2)C(=O)N(C)[C@@H](CC(C)C)C(=O)O[C@H](C)C(=O)N(C)[C@@H](CC(C)C)C(=O)O[C@H](Cc2ccc(Cc3cnccc3C(F)(F)F)cc2)C(=O)N(C)[C@@H](CC(C)C)C(=O)O[C@H](C)C(=O)N1C. The van der Waals surface area contributed by atoms with Crippen LogP contribution in [0.15, 0.2) is 85.5 Å². The molecule has 0 N–H and O–H groups in total. The molecule has 2 aromatic heterocycles. The molecule has 0 spiro atoms. The third kappa shape index (κ3) is 20.0. The van der Waals surface area contributed by atoms with Gasteiger partial charge in [0.2, 0.25) is 0 Å². The van der Waals surface area contributed by atoms with E-state index in [-0.39, 0.29) is 86.2 Å². The van der Waals surface area contributed by atoms with Crippen LogP contribution in [0.4, 0.5) is 26.3 Å². The van der Waals surface area contributed by atoms with Crippen molar-refractivity contribution in [3.05, 3.63) is 130 Å². The predicted molar refractivity (Wildman–Crippen MR) is 319 cm³/mol. The topological polar surface area (TPSA) is 212 Å². The Kier molecular flexibility index (Phi) is 25.6. The predicted octanol–water partition coefficient (Wildman–Crippen LogP) is 9.67. The highest BCUT2D eigenvalue weighted by Gasteiger charge is 2.44. The van der Waals surface area contributed by atoms with Gasteiger partial charge in [-0.15, -0.1) is 0 Å². The zero-order valence-electron chi connectivity index (χ0n) is 53.5. The van der Waals surface area contributed by atoms with E-state index in [1.165, 1.54) is 42.0 Å². The smallest absolute Gasteiger partial charge is 0.416 e. The van der Waals surface area contributed by atoms with Gasteiger partial charge >= 0.3 is 36.2 Å². The number of nitrogens with zero attached hydrogens (tertiary/aromatic N) is 6. The Bertz CT molecular complexity index is 2920. The lowest BCUT2D eigenvalue weighted by molar-refractivity contribution is -0.176. The summed E-state index contributed by atoms with van der Waals surface area (Å²) >= 11 is 0. The second-order valence-corrected chi connectivity index (χ2v) is 24.8. The van der Waals surface area contributed by atoms with Crippen molar-refractivity contribution in [3.63, 3.8) is 0 Å². The summed E-state index contributed by atoms with van der Waals surface area (Å²) in [4.78, 5) is 130. The molecule has 1 saturated heterocycles. The number of aromatic nitrogens is 2. The van der Waals surface area contributed by atoms with Crippen LogP contribution in [-0.2, 0) is 95.3 Å². The van der Waals surface area contributed by atoms with Crippen molar-refractivity contribution in [2.24, 2.45) is 23.7 Å². The van der Waals surface area contributed by atoms with E-state index in [1.807, 2.05) is 0 Å². The van der Waals surface area contributed by atoms with E-state index in [4.69, 9.17) is 18.9 Å². The van der Waals surface area contributed by atoms with Crippen LogP contribution in [0.1, 0.15) is 139 Å². The molecule has 1 aliphatic rings. The van der Waals surface area contributed by atoms with Gasteiger partial charge in [-0.3, -0.25) is 29.1 Å². The third-order valence-corrected chi connectivity index (χ3v) is 15.6. The Labute approximate surface area is 522 Å². The number of cyclic esters (lactones) is 4. The number of hydrogen-bond acceptors (Lipinski definition) is 14. The average molecular weight is 1270 g/mol. The molecule has 492 valence electrons. The largest absolute Gasteiger partial charge is 0.451 e. The average Bonchev–Trinajstić information content (AvgIpc) is 1.20. The number of ether oxygens (including phenoxy) is 4. The van der Waals surface area contributed by atoms with Crippen LogP contribution in [0.5, 0.6) is 0 Å². The molecule has 18 nitrogen and oxygen atoms in total. The zero-order chi connectivity index (χ0) is 67.3. The van der Waals surface area contributed by atoms with E-state index in [1.54, 1.807) is 104 Å². The van der Waals surface area contributed by atoms with Crippen molar-refractivity contribution < 1.29 is 83.6 Å². The number of alkyl halides is 6. The number of hydrogen-bond donors (Lipinski definition) is 0. The maximum atomic E-state index is 15.0. The summed E-state index contributed by atoms with van der Waals surface area (Å²) < 4.78 is 107. The van der Waals surface area contributed by atoms with Gasteiger partial charge in [0, 0.05) is 65.8 Å². The molecule has 4 amide bonds.